The van der Waals surface area contributed by atoms with Crippen molar-refractivity contribution >= 4 is 5.96 Å². The van der Waals surface area contributed by atoms with Crippen molar-refractivity contribution in [1.82, 2.24) is 10.6 Å². The van der Waals surface area contributed by atoms with E-state index in [4.69, 9.17) is 9.47 Å². The largest absolute Gasteiger partial charge is 0.493 e. The third-order valence-corrected chi connectivity index (χ3v) is 3.57. The summed E-state index contributed by atoms with van der Waals surface area (Å²) in [6, 6.07) is 16.0. The van der Waals surface area contributed by atoms with Crippen molar-refractivity contribution in [2.24, 2.45) is 4.99 Å². The van der Waals surface area contributed by atoms with E-state index in [1.807, 2.05) is 48.5 Å². The van der Waals surface area contributed by atoms with Gasteiger partial charge in [0, 0.05) is 13.1 Å². The van der Waals surface area contributed by atoms with Crippen LogP contribution in [0.5, 0.6) is 11.5 Å². The Morgan fingerprint density at radius 2 is 1.64 bits per heavy atom. The van der Waals surface area contributed by atoms with Crippen LogP contribution in [-0.4, -0.2) is 26.2 Å². The number of nitrogens with one attached hydrogen (secondary N) is 2. The van der Waals surface area contributed by atoms with Crippen LogP contribution >= 0.6 is 0 Å². The Hall–Kier alpha value is -2.69. The first-order valence-electron chi connectivity index (χ1n) is 8.62. The van der Waals surface area contributed by atoms with Crippen molar-refractivity contribution in [2.75, 3.05) is 20.2 Å². The predicted molar refractivity (Wildman–Crippen MR) is 102 cm³/mol. The van der Waals surface area contributed by atoms with Gasteiger partial charge in [0.2, 0.25) is 0 Å². The van der Waals surface area contributed by atoms with Gasteiger partial charge in [-0.25, -0.2) is 4.99 Å². The Morgan fingerprint density at radius 3 is 2.28 bits per heavy atom. The molecule has 0 atom stereocenters. The van der Waals surface area contributed by atoms with Crippen LogP contribution < -0.4 is 20.1 Å². The van der Waals surface area contributed by atoms with E-state index in [9.17, 15) is 0 Å². The molecule has 5 heteroatoms. The van der Waals surface area contributed by atoms with Crippen LogP contribution in [0.4, 0.5) is 0 Å². The number of hydrogen-bond donors (Lipinski definition) is 2. The molecule has 5 nitrogen and oxygen atoms in total. The Labute approximate surface area is 150 Å². The molecular formula is C20H27N3O2. The molecule has 0 saturated heterocycles. The lowest BCUT2D eigenvalue weighted by Gasteiger charge is -2.12. The molecule has 0 bridgehead atoms. The van der Waals surface area contributed by atoms with Gasteiger partial charge in [-0.2, -0.15) is 0 Å². The molecule has 0 saturated carbocycles. The molecule has 0 unspecified atom stereocenters. The molecule has 0 aliphatic carbocycles. The van der Waals surface area contributed by atoms with Gasteiger partial charge in [-0.15, -0.1) is 0 Å². The van der Waals surface area contributed by atoms with Crippen molar-refractivity contribution in [3.63, 3.8) is 0 Å². The lowest BCUT2D eigenvalue weighted by atomic mass is 10.2. The fraction of sp³-hybridized carbons (Fsp3) is 0.350. The lowest BCUT2D eigenvalue weighted by Crippen LogP contribution is -2.36. The van der Waals surface area contributed by atoms with Gasteiger partial charge in [0.25, 0.3) is 0 Å². The molecule has 0 fully saturated rings. The summed E-state index contributed by atoms with van der Waals surface area (Å²) in [6.45, 7) is 6.86. The number of aliphatic imine (C=N–C) groups is 1. The molecule has 0 aliphatic heterocycles. The number of benzene rings is 2. The Morgan fingerprint density at radius 1 is 0.920 bits per heavy atom. The summed E-state index contributed by atoms with van der Waals surface area (Å²) in [5.41, 5.74) is 2.19. The minimum atomic E-state index is 0.514. The first kappa shape index (κ1) is 18.6. The summed E-state index contributed by atoms with van der Waals surface area (Å²) in [6.07, 6.45) is 0. The molecule has 2 aromatic carbocycles. The van der Waals surface area contributed by atoms with Crippen molar-refractivity contribution in [2.45, 2.75) is 27.0 Å². The lowest BCUT2D eigenvalue weighted by molar-refractivity contribution is 0.284. The van der Waals surface area contributed by atoms with Gasteiger partial charge in [0.1, 0.15) is 6.61 Å². The number of ether oxygens (including phenoxy) is 2. The van der Waals surface area contributed by atoms with E-state index in [2.05, 4.69) is 29.5 Å². The summed E-state index contributed by atoms with van der Waals surface area (Å²) in [5, 5.41) is 6.43. The van der Waals surface area contributed by atoms with Gasteiger partial charge in [0.15, 0.2) is 17.5 Å². The van der Waals surface area contributed by atoms with E-state index in [1.165, 1.54) is 0 Å². The van der Waals surface area contributed by atoms with E-state index in [0.717, 1.165) is 41.7 Å². The smallest absolute Gasteiger partial charge is 0.191 e. The van der Waals surface area contributed by atoms with Gasteiger partial charge in [-0.1, -0.05) is 36.4 Å². The number of rotatable bonds is 8. The summed E-state index contributed by atoms with van der Waals surface area (Å²) < 4.78 is 11.4. The van der Waals surface area contributed by atoms with Gasteiger partial charge >= 0.3 is 0 Å². The molecule has 25 heavy (non-hydrogen) atoms. The van der Waals surface area contributed by atoms with E-state index < -0.39 is 0 Å². The molecule has 2 aromatic rings. The second-order valence-corrected chi connectivity index (χ2v) is 5.48. The highest BCUT2D eigenvalue weighted by atomic mass is 16.5. The van der Waals surface area contributed by atoms with Gasteiger partial charge < -0.3 is 20.1 Å². The Balaban J connectivity index is 2.03. The van der Waals surface area contributed by atoms with Crippen LogP contribution in [0.25, 0.3) is 0 Å². The highest BCUT2D eigenvalue weighted by Gasteiger charge is 2.06. The zero-order chi connectivity index (χ0) is 17.9. The zero-order valence-corrected chi connectivity index (χ0v) is 15.2. The van der Waals surface area contributed by atoms with Crippen LogP contribution in [0.15, 0.2) is 53.5 Å². The SMILES string of the molecule is CCNC(=NCc1ccc(OCc2ccccc2)c(OC)c1)NCC. The number of nitrogens with zero attached hydrogens (tertiary/aromatic N) is 1. The van der Waals surface area contributed by atoms with Crippen molar-refractivity contribution in [1.29, 1.82) is 0 Å². The van der Waals surface area contributed by atoms with Crippen molar-refractivity contribution < 1.29 is 9.47 Å². The second kappa shape index (κ2) is 10.2. The van der Waals surface area contributed by atoms with Crippen LogP contribution in [0.3, 0.4) is 0 Å². The quantitative estimate of drug-likeness (QED) is 0.571. The molecular weight excluding hydrogens is 314 g/mol. The highest BCUT2D eigenvalue weighted by Crippen LogP contribution is 2.29. The van der Waals surface area contributed by atoms with E-state index in [0.29, 0.717) is 13.2 Å². The monoisotopic (exact) mass is 341 g/mol. The topological polar surface area (TPSA) is 54.9 Å². The summed E-state index contributed by atoms with van der Waals surface area (Å²) in [5.74, 6) is 2.27. The van der Waals surface area contributed by atoms with Crippen molar-refractivity contribution in [3.8, 4) is 11.5 Å². The number of guanidine groups is 1. The Kier molecular flexibility index (Phi) is 7.63. The molecule has 0 radical (unpaired) electrons. The zero-order valence-electron chi connectivity index (χ0n) is 15.2. The van der Waals surface area contributed by atoms with E-state index in [-0.39, 0.29) is 0 Å². The summed E-state index contributed by atoms with van der Waals surface area (Å²) >= 11 is 0. The first-order valence-corrected chi connectivity index (χ1v) is 8.62. The Bertz CT molecular complexity index is 664. The maximum absolute atomic E-state index is 5.89. The average Bonchev–Trinajstić information content (AvgIpc) is 2.66. The average molecular weight is 341 g/mol. The van der Waals surface area contributed by atoms with Crippen LogP contribution in [0, 0.1) is 0 Å². The first-order chi connectivity index (χ1) is 12.3. The maximum Gasteiger partial charge on any atom is 0.191 e. The van der Waals surface area contributed by atoms with Crippen LogP contribution in [0.2, 0.25) is 0 Å². The third kappa shape index (κ3) is 6.03. The fourth-order valence-electron chi connectivity index (χ4n) is 2.34. The number of hydrogen-bond acceptors (Lipinski definition) is 3. The number of methoxy groups -OCH3 is 1. The molecule has 0 amide bonds. The predicted octanol–water partition coefficient (Wildman–Crippen LogP) is 3.35. The van der Waals surface area contributed by atoms with Crippen LogP contribution in [-0.2, 0) is 13.2 Å². The molecule has 0 aromatic heterocycles. The highest BCUT2D eigenvalue weighted by molar-refractivity contribution is 5.79. The normalized spacial score (nSPS) is 10.0. The van der Waals surface area contributed by atoms with E-state index >= 15 is 0 Å². The third-order valence-electron chi connectivity index (χ3n) is 3.57. The molecule has 2 rings (SSSR count). The van der Waals surface area contributed by atoms with Gasteiger partial charge in [0.05, 0.1) is 13.7 Å². The van der Waals surface area contributed by atoms with Crippen molar-refractivity contribution in [3.05, 3.63) is 59.7 Å². The summed E-state index contributed by atoms with van der Waals surface area (Å²) in [4.78, 5) is 4.57. The fourth-order valence-corrected chi connectivity index (χ4v) is 2.34. The molecule has 0 heterocycles. The molecule has 0 aliphatic rings. The standard InChI is InChI=1S/C20H27N3O2/c1-4-21-20(22-5-2)23-14-17-11-12-18(19(13-17)24-3)25-15-16-9-7-6-8-10-16/h6-13H,4-5,14-15H2,1-3H3,(H2,21,22,23). The van der Waals surface area contributed by atoms with E-state index in [1.54, 1.807) is 7.11 Å². The molecule has 2 N–H and O–H groups in total. The maximum atomic E-state index is 5.89. The van der Waals surface area contributed by atoms with Gasteiger partial charge in [-0.05, 0) is 37.1 Å². The second-order valence-electron chi connectivity index (χ2n) is 5.48. The summed E-state index contributed by atoms with van der Waals surface area (Å²) in [7, 11) is 1.65. The minimum absolute atomic E-state index is 0.514. The minimum Gasteiger partial charge on any atom is -0.493 e. The molecule has 134 valence electrons. The van der Waals surface area contributed by atoms with Gasteiger partial charge in [-0.3, -0.25) is 0 Å². The van der Waals surface area contributed by atoms with Crippen LogP contribution in [0.1, 0.15) is 25.0 Å². The molecule has 0 spiro atoms.